The van der Waals surface area contributed by atoms with Crippen molar-refractivity contribution < 1.29 is 19.2 Å². The van der Waals surface area contributed by atoms with E-state index in [2.05, 4.69) is 28.6 Å². The highest BCUT2D eigenvalue weighted by atomic mass is 31.0. The lowest BCUT2D eigenvalue weighted by Gasteiger charge is -2.36. The van der Waals surface area contributed by atoms with Crippen LogP contribution in [-0.2, 0) is 9.26 Å². The molecule has 0 heterocycles. The van der Waals surface area contributed by atoms with Gasteiger partial charge in [0.25, 0.3) is 0 Å². The molecule has 5 unspecified atom stereocenters. The van der Waals surface area contributed by atoms with E-state index in [1.54, 1.807) is 0 Å². The zero-order chi connectivity index (χ0) is 20.6. The molecule has 0 radical (unpaired) electrons. The SMILES string of the molecule is CC(C)CC(NC(=O)OC(C)(C)C)C(c1ccccc1)C(O)C(C)COP. The summed E-state index contributed by atoms with van der Waals surface area (Å²) in [4.78, 5) is 12.5. The fraction of sp³-hybridized carbons (Fsp3) is 0.667. The maximum absolute atomic E-state index is 12.5. The number of nitrogens with one attached hydrogen (secondary N) is 1. The summed E-state index contributed by atoms with van der Waals surface area (Å²) in [6.07, 6.45) is -0.410. The number of aliphatic hydroxyl groups is 1. The Hall–Kier alpha value is -1.16. The zero-order valence-corrected chi connectivity index (χ0v) is 18.6. The van der Waals surface area contributed by atoms with Crippen LogP contribution in [-0.4, -0.2) is 35.6 Å². The first-order chi connectivity index (χ1) is 12.5. The number of hydrogen-bond acceptors (Lipinski definition) is 4. The lowest BCUT2D eigenvalue weighted by molar-refractivity contribution is 0.0341. The van der Waals surface area contributed by atoms with E-state index < -0.39 is 17.8 Å². The third kappa shape index (κ3) is 8.59. The fourth-order valence-corrected chi connectivity index (χ4v) is 3.51. The van der Waals surface area contributed by atoms with Crippen LogP contribution in [0.15, 0.2) is 30.3 Å². The van der Waals surface area contributed by atoms with Gasteiger partial charge in [-0.15, -0.1) is 0 Å². The van der Waals surface area contributed by atoms with E-state index in [9.17, 15) is 9.90 Å². The lowest BCUT2D eigenvalue weighted by Crippen LogP contribution is -2.47. The average molecular weight is 397 g/mol. The van der Waals surface area contributed by atoms with Gasteiger partial charge in [0.15, 0.2) is 0 Å². The Labute approximate surface area is 166 Å². The summed E-state index contributed by atoms with van der Waals surface area (Å²) < 4.78 is 10.6. The molecule has 0 saturated carbocycles. The highest BCUT2D eigenvalue weighted by Crippen LogP contribution is 2.31. The van der Waals surface area contributed by atoms with Crippen molar-refractivity contribution in [2.45, 2.75) is 71.6 Å². The molecule has 154 valence electrons. The van der Waals surface area contributed by atoms with Crippen molar-refractivity contribution >= 4 is 15.6 Å². The van der Waals surface area contributed by atoms with Crippen LogP contribution < -0.4 is 5.32 Å². The van der Waals surface area contributed by atoms with E-state index in [1.807, 2.05) is 58.0 Å². The number of hydrogen-bond donors (Lipinski definition) is 2. The van der Waals surface area contributed by atoms with Crippen molar-refractivity contribution in [1.82, 2.24) is 5.32 Å². The minimum Gasteiger partial charge on any atom is -0.444 e. The molecule has 5 atom stereocenters. The molecular weight excluding hydrogens is 361 g/mol. The number of carbonyl (C=O) groups is 1. The molecule has 27 heavy (non-hydrogen) atoms. The van der Waals surface area contributed by atoms with Crippen LogP contribution in [0.25, 0.3) is 0 Å². The number of carbonyl (C=O) groups excluding carboxylic acids is 1. The second-order valence-electron chi connectivity index (χ2n) is 8.62. The molecule has 0 bridgehead atoms. The van der Waals surface area contributed by atoms with E-state index in [4.69, 9.17) is 9.26 Å². The number of aliphatic hydroxyl groups excluding tert-OH is 1. The van der Waals surface area contributed by atoms with Gasteiger partial charge in [0.2, 0.25) is 0 Å². The molecule has 2 N–H and O–H groups in total. The molecule has 0 spiro atoms. The summed E-state index contributed by atoms with van der Waals surface area (Å²) in [6, 6.07) is 9.57. The van der Waals surface area contributed by atoms with Gasteiger partial charge in [0.05, 0.1) is 12.7 Å². The summed E-state index contributed by atoms with van der Waals surface area (Å²) in [5.41, 5.74) is 0.413. The first-order valence-electron chi connectivity index (χ1n) is 9.59. The predicted molar refractivity (Wildman–Crippen MR) is 113 cm³/mol. The summed E-state index contributed by atoms with van der Waals surface area (Å²) in [6.45, 7) is 12.1. The molecule has 1 aromatic carbocycles. The van der Waals surface area contributed by atoms with Crippen LogP contribution in [0.4, 0.5) is 4.79 Å². The monoisotopic (exact) mass is 397 g/mol. The molecule has 1 amide bonds. The van der Waals surface area contributed by atoms with E-state index in [1.165, 1.54) is 0 Å². The van der Waals surface area contributed by atoms with Crippen molar-refractivity contribution in [2.24, 2.45) is 11.8 Å². The number of rotatable bonds is 9. The van der Waals surface area contributed by atoms with Crippen LogP contribution in [0, 0.1) is 11.8 Å². The lowest BCUT2D eigenvalue weighted by atomic mass is 9.79. The minimum atomic E-state index is -0.674. The Morgan fingerprint density at radius 2 is 1.78 bits per heavy atom. The normalized spacial score (nSPS) is 16.5. The smallest absolute Gasteiger partial charge is 0.407 e. The average Bonchev–Trinajstić information content (AvgIpc) is 2.53. The van der Waals surface area contributed by atoms with Crippen LogP contribution >= 0.6 is 9.47 Å². The third-order valence-corrected chi connectivity index (χ3v) is 4.55. The van der Waals surface area contributed by atoms with Crippen LogP contribution in [0.2, 0.25) is 0 Å². The van der Waals surface area contributed by atoms with Gasteiger partial charge >= 0.3 is 6.09 Å². The summed E-state index contributed by atoms with van der Waals surface area (Å²) >= 11 is 0. The molecule has 0 aliphatic carbocycles. The number of amides is 1. The molecule has 1 aromatic rings. The molecule has 5 nitrogen and oxygen atoms in total. The Morgan fingerprint density at radius 1 is 1.19 bits per heavy atom. The van der Waals surface area contributed by atoms with Crippen LogP contribution in [0.5, 0.6) is 0 Å². The van der Waals surface area contributed by atoms with Gasteiger partial charge in [0.1, 0.15) is 5.60 Å². The Bertz CT molecular complexity index is 559. The Balaban J connectivity index is 3.18. The first kappa shape index (κ1) is 23.9. The fourth-order valence-electron chi connectivity index (χ4n) is 3.21. The van der Waals surface area contributed by atoms with Gasteiger partial charge in [-0.3, -0.25) is 0 Å². The van der Waals surface area contributed by atoms with Gasteiger partial charge in [-0.1, -0.05) is 51.1 Å². The highest BCUT2D eigenvalue weighted by molar-refractivity contribution is 7.09. The van der Waals surface area contributed by atoms with Gasteiger partial charge in [0, 0.05) is 27.3 Å². The van der Waals surface area contributed by atoms with Crippen LogP contribution in [0.3, 0.4) is 0 Å². The number of ether oxygens (including phenoxy) is 1. The first-order valence-corrected chi connectivity index (χ1v) is 10.1. The van der Waals surface area contributed by atoms with Crippen molar-refractivity contribution in [3.63, 3.8) is 0 Å². The minimum absolute atomic E-state index is 0.0946. The van der Waals surface area contributed by atoms with Gasteiger partial charge in [-0.25, -0.2) is 4.79 Å². The molecular formula is C21H36NO4P. The summed E-state index contributed by atoms with van der Waals surface area (Å²) in [5, 5.41) is 14.1. The van der Waals surface area contributed by atoms with Crippen molar-refractivity contribution in [1.29, 1.82) is 0 Å². The van der Waals surface area contributed by atoms with Gasteiger partial charge in [-0.05, 0) is 38.7 Å². The second-order valence-corrected chi connectivity index (χ2v) is 8.95. The van der Waals surface area contributed by atoms with Crippen LogP contribution in [0.1, 0.15) is 59.4 Å². The summed E-state index contributed by atoms with van der Waals surface area (Å²) in [5.74, 6) is -0.0179. The van der Waals surface area contributed by atoms with Gasteiger partial charge in [-0.2, -0.15) is 0 Å². The highest BCUT2D eigenvalue weighted by Gasteiger charge is 2.35. The molecule has 0 aliphatic heterocycles. The van der Waals surface area contributed by atoms with E-state index in [-0.39, 0.29) is 17.9 Å². The van der Waals surface area contributed by atoms with Crippen molar-refractivity contribution in [2.75, 3.05) is 6.61 Å². The maximum Gasteiger partial charge on any atom is 0.407 e. The molecule has 6 heteroatoms. The number of alkyl carbamates (subject to hydrolysis) is 1. The Kier molecular flexibility index (Phi) is 9.72. The predicted octanol–water partition coefficient (Wildman–Crippen LogP) is 4.51. The maximum atomic E-state index is 12.5. The molecule has 0 fully saturated rings. The van der Waals surface area contributed by atoms with Crippen molar-refractivity contribution in [3.8, 4) is 0 Å². The second kappa shape index (κ2) is 11.0. The molecule has 0 aromatic heterocycles. The quantitative estimate of drug-likeness (QED) is 0.602. The van der Waals surface area contributed by atoms with E-state index in [0.717, 1.165) is 12.0 Å². The van der Waals surface area contributed by atoms with E-state index >= 15 is 0 Å². The molecule has 0 saturated heterocycles. The third-order valence-electron chi connectivity index (χ3n) is 4.36. The standard InChI is InChI=1S/C21H36NO4P/c1-14(2)12-17(22-20(24)26-21(4,5)6)18(16-10-8-7-9-11-16)19(23)15(3)13-25-27/h7-11,14-15,17-19,23H,12-13,27H2,1-6H3,(H,22,24). The largest absolute Gasteiger partial charge is 0.444 e. The van der Waals surface area contributed by atoms with Gasteiger partial charge < -0.3 is 19.7 Å². The number of benzene rings is 1. The topological polar surface area (TPSA) is 67.8 Å². The summed E-state index contributed by atoms with van der Waals surface area (Å²) in [7, 11) is 2.23. The van der Waals surface area contributed by atoms with E-state index in [0.29, 0.717) is 12.5 Å². The zero-order valence-electron chi connectivity index (χ0n) is 17.4. The Morgan fingerprint density at radius 3 is 2.26 bits per heavy atom. The van der Waals surface area contributed by atoms with Crippen molar-refractivity contribution in [3.05, 3.63) is 35.9 Å². The molecule has 1 rings (SSSR count). The molecule has 0 aliphatic rings.